The van der Waals surface area contributed by atoms with Gasteiger partial charge in [-0.1, -0.05) is 12.1 Å². The average Bonchev–Trinajstić information content (AvgIpc) is 2.76. The van der Waals surface area contributed by atoms with Gasteiger partial charge in [0.25, 0.3) is 0 Å². The molecular formula is C16H19N3O. The number of ether oxygens (including phenoxy) is 1. The molecule has 0 unspecified atom stereocenters. The predicted molar refractivity (Wildman–Crippen MR) is 78.4 cm³/mol. The number of benzene rings is 1. The van der Waals surface area contributed by atoms with Crippen LogP contribution in [0.3, 0.4) is 0 Å². The minimum Gasteiger partial charge on any atom is -0.497 e. The van der Waals surface area contributed by atoms with E-state index in [2.05, 4.69) is 11.4 Å². The predicted octanol–water partition coefficient (Wildman–Crippen LogP) is 2.50. The van der Waals surface area contributed by atoms with E-state index in [0.29, 0.717) is 5.69 Å². The lowest BCUT2D eigenvalue weighted by Crippen LogP contribution is -2.13. The summed E-state index contributed by atoms with van der Waals surface area (Å²) in [4.78, 5) is 0. The topological polar surface area (TPSA) is 50.0 Å². The molecule has 0 atom stereocenters. The van der Waals surface area contributed by atoms with Crippen LogP contribution in [0.5, 0.6) is 5.75 Å². The lowest BCUT2D eigenvalue weighted by molar-refractivity contribution is 0.414. The minimum absolute atomic E-state index is 0.698. The van der Waals surface area contributed by atoms with Crippen LogP contribution in [0.2, 0.25) is 0 Å². The molecule has 0 amide bonds. The van der Waals surface area contributed by atoms with Gasteiger partial charge >= 0.3 is 0 Å². The van der Waals surface area contributed by atoms with Gasteiger partial charge in [-0.25, -0.2) is 0 Å². The molecule has 0 radical (unpaired) electrons. The summed E-state index contributed by atoms with van der Waals surface area (Å²) in [6.45, 7) is 3.58. The summed E-state index contributed by atoms with van der Waals surface area (Å²) >= 11 is 0. The Morgan fingerprint density at radius 1 is 1.25 bits per heavy atom. The number of nitrogens with one attached hydrogen (secondary N) is 1. The van der Waals surface area contributed by atoms with Gasteiger partial charge in [0.2, 0.25) is 0 Å². The van der Waals surface area contributed by atoms with Crippen molar-refractivity contribution in [1.29, 1.82) is 5.26 Å². The van der Waals surface area contributed by atoms with Gasteiger partial charge in [0.15, 0.2) is 0 Å². The molecule has 4 heteroatoms. The first-order valence-corrected chi connectivity index (χ1v) is 6.54. The molecule has 104 valence electrons. The molecule has 2 aromatic rings. The Balaban J connectivity index is 1.94. The van der Waals surface area contributed by atoms with Gasteiger partial charge in [0.05, 0.1) is 7.11 Å². The second-order valence-electron chi connectivity index (χ2n) is 4.76. The van der Waals surface area contributed by atoms with Gasteiger partial charge < -0.3 is 14.6 Å². The quantitative estimate of drug-likeness (QED) is 0.907. The summed E-state index contributed by atoms with van der Waals surface area (Å²) in [5.41, 5.74) is 4.20. The largest absolute Gasteiger partial charge is 0.497 e. The van der Waals surface area contributed by atoms with E-state index < -0.39 is 0 Å². The lowest BCUT2D eigenvalue weighted by atomic mass is 10.2. The molecule has 0 fully saturated rings. The third kappa shape index (κ3) is 3.01. The van der Waals surface area contributed by atoms with E-state index in [9.17, 15) is 0 Å². The normalized spacial score (nSPS) is 10.3. The number of aromatic nitrogens is 1. The maximum absolute atomic E-state index is 9.01. The standard InChI is InChI=1S/C16H19N3O/c1-12-14(8-15(9-17)19(12)2)11-18-10-13-4-6-16(20-3)7-5-13/h4-8,18H,10-11H2,1-3H3. The molecule has 0 saturated carbocycles. The summed E-state index contributed by atoms with van der Waals surface area (Å²) in [6.07, 6.45) is 0. The third-order valence-electron chi connectivity index (χ3n) is 3.56. The lowest BCUT2D eigenvalue weighted by Gasteiger charge is -2.06. The maximum Gasteiger partial charge on any atom is 0.120 e. The van der Waals surface area contributed by atoms with E-state index in [4.69, 9.17) is 10.00 Å². The molecule has 1 aromatic carbocycles. The van der Waals surface area contributed by atoms with Crippen LogP contribution in [-0.4, -0.2) is 11.7 Å². The Morgan fingerprint density at radius 3 is 2.50 bits per heavy atom. The molecule has 0 aliphatic carbocycles. The second-order valence-corrected chi connectivity index (χ2v) is 4.76. The number of rotatable bonds is 5. The molecule has 2 rings (SSSR count). The van der Waals surface area contributed by atoms with Crippen LogP contribution < -0.4 is 10.1 Å². The maximum atomic E-state index is 9.01. The molecule has 1 heterocycles. The number of nitriles is 1. The van der Waals surface area contributed by atoms with Crippen molar-refractivity contribution in [3.63, 3.8) is 0 Å². The van der Waals surface area contributed by atoms with Crippen molar-refractivity contribution in [2.45, 2.75) is 20.0 Å². The zero-order valence-corrected chi connectivity index (χ0v) is 12.1. The van der Waals surface area contributed by atoms with Gasteiger partial charge in [-0.15, -0.1) is 0 Å². The Labute approximate surface area is 119 Å². The first kappa shape index (κ1) is 14.2. The SMILES string of the molecule is COc1ccc(CNCc2cc(C#N)n(C)c2C)cc1. The van der Waals surface area contributed by atoms with Crippen molar-refractivity contribution in [3.05, 3.63) is 52.8 Å². The Kier molecular flexibility index (Phi) is 4.44. The molecule has 0 spiro atoms. The Bertz CT molecular complexity index is 620. The zero-order chi connectivity index (χ0) is 14.5. The molecule has 0 aliphatic rings. The van der Waals surface area contributed by atoms with Crippen LogP contribution in [-0.2, 0) is 20.1 Å². The van der Waals surface area contributed by atoms with Crippen molar-refractivity contribution in [3.8, 4) is 11.8 Å². The second kappa shape index (κ2) is 6.27. The highest BCUT2D eigenvalue weighted by Gasteiger charge is 2.07. The van der Waals surface area contributed by atoms with Gasteiger partial charge in [0, 0.05) is 25.8 Å². The van der Waals surface area contributed by atoms with Crippen molar-refractivity contribution >= 4 is 0 Å². The summed E-state index contributed by atoms with van der Waals surface area (Å²) in [6, 6.07) is 12.1. The van der Waals surface area contributed by atoms with Crippen LogP contribution in [0.1, 0.15) is 22.5 Å². The third-order valence-corrected chi connectivity index (χ3v) is 3.56. The smallest absolute Gasteiger partial charge is 0.120 e. The van der Waals surface area contributed by atoms with Crippen LogP contribution in [0.4, 0.5) is 0 Å². The number of hydrogen-bond acceptors (Lipinski definition) is 3. The first-order chi connectivity index (χ1) is 9.65. The summed E-state index contributed by atoms with van der Waals surface area (Å²) in [5.74, 6) is 0.867. The Morgan fingerprint density at radius 2 is 1.95 bits per heavy atom. The number of nitrogens with zero attached hydrogens (tertiary/aromatic N) is 2. The van der Waals surface area contributed by atoms with Crippen molar-refractivity contribution < 1.29 is 4.74 Å². The molecular weight excluding hydrogens is 250 g/mol. The van der Waals surface area contributed by atoms with Gasteiger partial charge in [0.1, 0.15) is 17.5 Å². The van der Waals surface area contributed by atoms with E-state index in [1.807, 2.05) is 48.9 Å². The van der Waals surface area contributed by atoms with Crippen molar-refractivity contribution in [2.24, 2.45) is 7.05 Å². The zero-order valence-electron chi connectivity index (χ0n) is 12.1. The summed E-state index contributed by atoms with van der Waals surface area (Å²) in [7, 11) is 3.58. The first-order valence-electron chi connectivity index (χ1n) is 6.54. The van der Waals surface area contributed by atoms with E-state index >= 15 is 0 Å². The number of hydrogen-bond donors (Lipinski definition) is 1. The molecule has 0 bridgehead atoms. The van der Waals surface area contributed by atoms with Gasteiger partial charge in [-0.05, 0) is 36.2 Å². The fourth-order valence-corrected chi connectivity index (χ4v) is 2.13. The van der Waals surface area contributed by atoms with Crippen molar-refractivity contribution in [1.82, 2.24) is 9.88 Å². The van der Waals surface area contributed by atoms with Gasteiger partial charge in [-0.2, -0.15) is 5.26 Å². The van der Waals surface area contributed by atoms with Crippen LogP contribution in [0.25, 0.3) is 0 Å². The van der Waals surface area contributed by atoms with Crippen LogP contribution in [0, 0.1) is 18.3 Å². The van der Waals surface area contributed by atoms with E-state index in [1.165, 1.54) is 5.56 Å². The fraction of sp³-hybridized carbons (Fsp3) is 0.312. The highest BCUT2D eigenvalue weighted by atomic mass is 16.5. The molecule has 0 aliphatic heterocycles. The molecule has 0 saturated heterocycles. The van der Waals surface area contributed by atoms with Gasteiger partial charge in [-0.3, -0.25) is 0 Å². The highest BCUT2D eigenvalue weighted by Crippen LogP contribution is 2.14. The van der Waals surface area contributed by atoms with Crippen LogP contribution >= 0.6 is 0 Å². The van der Waals surface area contributed by atoms with Crippen LogP contribution in [0.15, 0.2) is 30.3 Å². The van der Waals surface area contributed by atoms with E-state index in [-0.39, 0.29) is 0 Å². The monoisotopic (exact) mass is 269 g/mol. The molecule has 1 aromatic heterocycles. The van der Waals surface area contributed by atoms with E-state index in [0.717, 1.165) is 30.1 Å². The molecule has 20 heavy (non-hydrogen) atoms. The average molecular weight is 269 g/mol. The van der Waals surface area contributed by atoms with E-state index in [1.54, 1.807) is 7.11 Å². The minimum atomic E-state index is 0.698. The summed E-state index contributed by atoms with van der Waals surface area (Å²) in [5, 5.41) is 12.4. The molecule has 1 N–H and O–H groups in total. The fourth-order valence-electron chi connectivity index (χ4n) is 2.13. The number of methoxy groups -OCH3 is 1. The highest BCUT2D eigenvalue weighted by molar-refractivity contribution is 5.34. The summed E-state index contributed by atoms with van der Waals surface area (Å²) < 4.78 is 7.05. The molecule has 4 nitrogen and oxygen atoms in total. The Hall–Kier alpha value is -2.25. The van der Waals surface area contributed by atoms with Crippen molar-refractivity contribution in [2.75, 3.05) is 7.11 Å².